The van der Waals surface area contributed by atoms with Crippen LogP contribution in [0, 0.1) is 11.8 Å². The van der Waals surface area contributed by atoms with Crippen molar-refractivity contribution in [3.05, 3.63) is 118 Å². The summed E-state index contributed by atoms with van der Waals surface area (Å²) in [6.07, 6.45) is 2.46. The number of nitrogens with one attached hydrogen (secondary N) is 1. The molecule has 3 aromatic carbocycles. The average molecular weight is 874 g/mol. The molecule has 0 unspecified atom stereocenters. The van der Waals surface area contributed by atoms with Gasteiger partial charge in [0.15, 0.2) is 0 Å². The van der Waals surface area contributed by atoms with Gasteiger partial charge >= 0.3 is 18.1 Å². The lowest BCUT2D eigenvalue weighted by molar-refractivity contribution is -0.174. The summed E-state index contributed by atoms with van der Waals surface area (Å²) in [4.78, 5) is 45.1. The van der Waals surface area contributed by atoms with E-state index in [1.165, 1.54) is 29.8 Å². The highest BCUT2D eigenvalue weighted by Crippen LogP contribution is 2.58. The highest BCUT2D eigenvalue weighted by atomic mass is 35.5. The standard InChI is InChI=1S/C49H55ClF3N3O6/c1-32(31-62-42-18-24-54-41-15-7-10-33(2)44(41)42)26-36-28-35-16-17-39(61-25-9-23-55-43(57)27-34-11-5-4-6-12-34)30-40(35)47(36)19-21-48(22-20-47,46(59)60-3)56(45(58)49(51,52)53)38-14-8-13-37(50)29-38/h4-6,8,11-14,16-18,24,29-30,32-33,36H,7,9-10,15,19-23,25-28,31H2,1-3H3,(H,55,57)/t32-,33-,36+,47?,48?/m1/s1. The number of nitrogens with zero attached hydrogens (tertiary/aromatic N) is 2. The third-order valence-corrected chi connectivity index (χ3v) is 13.5. The van der Waals surface area contributed by atoms with Crippen LogP contribution < -0.4 is 19.7 Å². The summed E-state index contributed by atoms with van der Waals surface area (Å²) in [7, 11) is 1.14. The molecule has 3 atom stereocenters. The van der Waals surface area contributed by atoms with Crippen LogP contribution in [-0.4, -0.2) is 61.4 Å². The van der Waals surface area contributed by atoms with E-state index in [1.54, 1.807) is 0 Å². The molecule has 3 aliphatic carbocycles. The Hall–Kier alpha value is -5.10. The Labute approximate surface area is 366 Å². The minimum absolute atomic E-state index is 0.0463. The molecule has 1 N–H and O–H groups in total. The largest absolute Gasteiger partial charge is 0.494 e. The number of carbonyl (C=O) groups excluding carboxylic acids is 3. The van der Waals surface area contributed by atoms with Crippen molar-refractivity contribution in [2.45, 2.75) is 108 Å². The molecule has 62 heavy (non-hydrogen) atoms. The first-order valence-corrected chi connectivity index (χ1v) is 22.0. The Morgan fingerprint density at radius 3 is 2.48 bits per heavy atom. The van der Waals surface area contributed by atoms with Crippen LogP contribution in [0.4, 0.5) is 18.9 Å². The van der Waals surface area contributed by atoms with Crippen LogP contribution in [-0.2, 0) is 43.8 Å². The molecule has 0 bridgehead atoms. The first-order chi connectivity index (χ1) is 29.7. The van der Waals surface area contributed by atoms with Gasteiger partial charge in [-0.3, -0.25) is 19.5 Å². The average Bonchev–Trinajstić information content (AvgIpc) is 3.54. The zero-order chi connectivity index (χ0) is 44.1. The lowest BCUT2D eigenvalue weighted by atomic mass is 9.59. The van der Waals surface area contributed by atoms with Crippen molar-refractivity contribution in [1.29, 1.82) is 0 Å². The SMILES string of the molecule is COC(=O)C1(N(C(=O)C(F)(F)F)c2cccc(Cl)c2)CCC2(CC1)c1cc(OCCCNC(=O)Cc3ccccc3)ccc1C[C@@H]2C[C@@H](C)COc1ccnc2c1[C@H](C)CCC2. The first kappa shape index (κ1) is 44.9. The zero-order valence-electron chi connectivity index (χ0n) is 35.6. The fourth-order valence-electron chi connectivity index (χ4n) is 10.3. The third kappa shape index (κ3) is 9.60. The van der Waals surface area contributed by atoms with Gasteiger partial charge in [-0.15, -0.1) is 0 Å². The van der Waals surface area contributed by atoms with Gasteiger partial charge in [-0.1, -0.05) is 67.9 Å². The number of pyridine rings is 1. The van der Waals surface area contributed by atoms with E-state index < -0.39 is 29.0 Å². The van der Waals surface area contributed by atoms with Gasteiger partial charge in [0.2, 0.25) is 5.91 Å². The van der Waals surface area contributed by atoms with E-state index >= 15 is 0 Å². The smallest absolute Gasteiger partial charge is 0.471 e. The summed E-state index contributed by atoms with van der Waals surface area (Å²) in [6.45, 7) is 5.64. The fraction of sp³-hybridized carbons (Fsp3) is 0.469. The van der Waals surface area contributed by atoms with Gasteiger partial charge in [0.05, 0.1) is 26.7 Å². The molecule has 2 amide bonds. The number of alkyl halides is 3. The second-order valence-corrected chi connectivity index (χ2v) is 17.8. The molecule has 1 saturated carbocycles. The van der Waals surface area contributed by atoms with Crippen molar-refractivity contribution in [3.8, 4) is 11.5 Å². The number of carbonyl (C=O) groups is 3. The molecule has 1 fully saturated rings. The summed E-state index contributed by atoms with van der Waals surface area (Å²) in [5.74, 6) is -1.12. The van der Waals surface area contributed by atoms with E-state index in [2.05, 4.69) is 30.2 Å². The molecule has 13 heteroatoms. The molecule has 330 valence electrons. The molecule has 0 radical (unpaired) electrons. The van der Waals surface area contributed by atoms with E-state index in [9.17, 15) is 27.6 Å². The number of aryl methyl sites for hydroxylation is 1. The van der Waals surface area contributed by atoms with Crippen LogP contribution in [0.2, 0.25) is 5.02 Å². The van der Waals surface area contributed by atoms with E-state index in [0.717, 1.165) is 67.3 Å². The zero-order valence-corrected chi connectivity index (χ0v) is 36.3. The molecule has 4 aromatic rings. The van der Waals surface area contributed by atoms with Gasteiger partial charge in [-0.2, -0.15) is 13.2 Å². The van der Waals surface area contributed by atoms with Gasteiger partial charge < -0.3 is 19.5 Å². The Morgan fingerprint density at radius 2 is 1.76 bits per heavy atom. The topological polar surface area (TPSA) is 107 Å². The Kier molecular flexibility index (Phi) is 13.9. The van der Waals surface area contributed by atoms with Crippen molar-refractivity contribution in [2.75, 3.05) is 31.8 Å². The Bertz CT molecular complexity index is 2230. The summed E-state index contributed by atoms with van der Waals surface area (Å²) < 4.78 is 61.5. The number of hydrogen-bond donors (Lipinski definition) is 1. The van der Waals surface area contributed by atoms with Gasteiger partial charge in [-0.25, -0.2) is 4.79 Å². The number of amides is 2. The number of aromatic nitrogens is 1. The number of methoxy groups -OCH3 is 1. The quantitative estimate of drug-likeness (QED) is 0.0937. The maximum atomic E-state index is 14.5. The summed E-state index contributed by atoms with van der Waals surface area (Å²) in [6, 6.07) is 23.1. The number of esters is 1. The number of benzene rings is 3. The molecule has 1 heterocycles. The van der Waals surface area contributed by atoms with Crippen LogP contribution in [0.3, 0.4) is 0 Å². The fourth-order valence-corrected chi connectivity index (χ4v) is 10.4. The van der Waals surface area contributed by atoms with E-state index in [0.29, 0.717) is 62.0 Å². The molecule has 9 nitrogen and oxygen atoms in total. The summed E-state index contributed by atoms with van der Waals surface area (Å²) in [5, 5.41) is 3.08. The molecule has 1 spiro atoms. The third-order valence-electron chi connectivity index (χ3n) is 13.2. The van der Waals surface area contributed by atoms with Crippen LogP contribution in [0.1, 0.15) is 99.1 Å². The first-order valence-electron chi connectivity index (χ1n) is 21.7. The number of halogens is 4. The second kappa shape index (κ2) is 19.1. The van der Waals surface area contributed by atoms with Crippen LogP contribution in [0.5, 0.6) is 11.5 Å². The monoisotopic (exact) mass is 873 g/mol. The molecule has 3 aliphatic rings. The van der Waals surface area contributed by atoms with Crippen LogP contribution >= 0.6 is 11.6 Å². The molecular formula is C49H55ClF3N3O6. The van der Waals surface area contributed by atoms with Gasteiger partial charge in [0.25, 0.3) is 0 Å². The Morgan fingerprint density at radius 1 is 0.984 bits per heavy atom. The van der Waals surface area contributed by atoms with Gasteiger partial charge in [0, 0.05) is 34.7 Å². The molecular weight excluding hydrogens is 819 g/mol. The summed E-state index contributed by atoms with van der Waals surface area (Å²) in [5.41, 5.74) is 2.73. The van der Waals surface area contributed by atoms with E-state index in [1.807, 2.05) is 54.7 Å². The van der Waals surface area contributed by atoms with Crippen LogP contribution in [0.25, 0.3) is 0 Å². The number of rotatable bonds is 15. The molecule has 0 saturated heterocycles. The van der Waals surface area contributed by atoms with Crippen molar-refractivity contribution in [2.24, 2.45) is 11.8 Å². The predicted octanol–water partition coefficient (Wildman–Crippen LogP) is 9.90. The van der Waals surface area contributed by atoms with E-state index in [4.69, 9.17) is 25.8 Å². The minimum Gasteiger partial charge on any atom is -0.494 e. The predicted molar refractivity (Wildman–Crippen MR) is 232 cm³/mol. The molecule has 7 rings (SSSR count). The second-order valence-electron chi connectivity index (χ2n) is 17.3. The minimum atomic E-state index is -5.28. The maximum absolute atomic E-state index is 14.5. The molecule has 0 aliphatic heterocycles. The number of hydrogen-bond acceptors (Lipinski definition) is 7. The summed E-state index contributed by atoms with van der Waals surface area (Å²) >= 11 is 6.27. The molecule has 1 aromatic heterocycles. The number of fused-ring (bicyclic) bond motifs is 3. The van der Waals surface area contributed by atoms with Gasteiger partial charge in [0.1, 0.15) is 17.0 Å². The van der Waals surface area contributed by atoms with Crippen molar-refractivity contribution in [1.82, 2.24) is 10.3 Å². The Balaban J connectivity index is 1.13. The highest BCUT2D eigenvalue weighted by Gasteiger charge is 2.60. The van der Waals surface area contributed by atoms with E-state index in [-0.39, 0.29) is 41.3 Å². The van der Waals surface area contributed by atoms with Crippen molar-refractivity contribution >= 4 is 35.1 Å². The number of anilines is 1. The van der Waals surface area contributed by atoms with Gasteiger partial charge in [-0.05, 0) is 140 Å². The normalized spacial score (nSPS) is 22.2. The number of ether oxygens (including phenoxy) is 3. The lowest BCUT2D eigenvalue weighted by Crippen LogP contribution is -2.63. The lowest BCUT2D eigenvalue weighted by Gasteiger charge is -2.51. The van der Waals surface area contributed by atoms with Crippen LogP contribution in [0.15, 0.2) is 85.1 Å². The maximum Gasteiger partial charge on any atom is 0.471 e. The van der Waals surface area contributed by atoms with Crippen molar-refractivity contribution in [3.63, 3.8) is 0 Å². The highest BCUT2D eigenvalue weighted by molar-refractivity contribution is 6.31. The van der Waals surface area contributed by atoms with Crippen molar-refractivity contribution < 1.29 is 41.8 Å².